The van der Waals surface area contributed by atoms with Crippen LogP contribution in [0.25, 0.3) is 0 Å². The van der Waals surface area contributed by atoms with Crippen molar-refractivity contribution in [3.8, 4) is 0 Å². The van der Waals surface area contributed by atoms with E-state index in [1.165, 1.54) is 0 Å². The predicted molar refractivity (Wildman–Crippen MR) is 64.8 cm³/mol. The molecule has 0 aliphatic carbocycles. The molecule has 1 atom stereocenters. The minimum absolute atomic E-state index is 0.0142. The molecule has 1 rings (SSSR count). The van der Waals surface area contributed by atoms with Crippen molar-refractivity contribution in [1.29, 1.82) is 0 Å². The number of carbonyl (C=O) groups is 1. The van der Waals surface area contributed by atoms with E-state index >= 15 is 0 Å². The maximum atomic E-state index is 10.7. The van der Waals surface area contributed by atoms with E-state index in [2.05, 4.69) is 0 Å². The van der Waals surface area contributed by atoms with E-state index in [1.54, 1.807) is 24.8 Å². The Morgan fingerprint density at radius 2 is 2.38 bits per heavy atom. The summed E-state index contributed by atoms with van der Waals surface area (Å²) in [5.41, 5.74) is 6.59. The lowest BCUT2D eigenvalue weighted by Gasteiger charge is -2.03. The van der Waals surface area contributed by atoms with E-state index in [-0.39, 0.29) is 11.8 Å². The van der Waals surface area contributed by atoms with Gasteiger partial charge >= 0.3 is 5.97 Å². The normalized spacial score (nSPS) is 12.7. The Labute approximate surface area is 99.2 Å². The van der Waals surface area contributed by atoms with Crippen LogP contribution >= 0.6 is 11.8 Å². The van der Waals surface area contributed by atoms with E-state index in [9.17, 15) is 4.79 Å². The molecule has 0 aliphatic heterocycles. The number of nitrogens with two attached hydrogens (primary N) is 1. The van der Waals surface area contributed by atoms with Gasteiger partial charge in [-0.25, -0.2) is 4.79 Å². The zero-order valence-corrected chi connectivity index (χ0v) is 10.3. The van der Waals surface area contributed by atoms with Crippen LogP contribution in [-0.4, -0.2) is 22.9 Å². The molecule has 0 aliphatic rings. The molecule has 0 amide bonds. The zero-order valence-electron chi connectivity index (χ0n) is 9.53. The van der Waals surface area contributed by atoms with Gasteiger partial charge in [-0.05, 0) is 32.1 Å². The van der Waals surface area contributed by atoms with Crippen molar-refractivity contribution >= 4 is 17.7 Å². The summed E-state index contributed by atoms with van der Waals surface area (Å²) < 4.78 is 5.12. The number of aryl methyl sites for hydroxylation is 1. The Balaban J connectivity index is 2.45. The van der Waals surface area contributed by atoms with Gasteiger partial charge in [0.25, 0.3) is 0 Å². The van der Waals surface area contributed by atoms with Crippen LogP contribution in [0.3, 0.4) is 0 Å². The molecule has 1 aromatic rings. The number of hydrogen-bond donors (Lipinski definition) is 2. The monoisotopic (exact) mass is 243 g/mol. The first-order chi connectivity index (χ1) is 7.50. The van der Waals surface area contributed by atoms with E-state index in [0.29, 0.717) is 5.76 Å². The van der Waals surface area contributed by atoms with E-state index in [1.807, 2.05) is 6.92 Å². The molecule has 1 unspecified atom stereocenters. The molecule has 0 radical (unpaired) electrons. The average molecular weight is 243 g/mol. The molecule has 1 heterocycles. The molecular formula is C11H17NO3S. The largest absolute Gasteiger partial charge is 0.475 e. The van der Waals surface area contributed by atoms with Gasteiger partial charge in [-0.1, -0.05) is 0 Å². The number of carboxylic acid groups (broad SMARTS) is 1. The third-order valence-corrected chi connectivity index (χ3v) is 3.25. The molecule has 16 heavy (non-hydrogen) atoms. The van der Waals surface area contributed by atoms with Crippen molar-refractivity contribution < 1.29 is 14.3 Å². The first-order valence-corrected chi connectivity index (χ1v) is 6.32. The fourth-order valence-electron chi connectivity index (χ4n) is 1.22. The Hall–Kier alpha value is -0.940. The second-order valence-corrected chi connectivity index (χ2v) is 4.92. The van der Waals surface area contributed by atoms with Gasteiger partial charge in [-0.15, -0.1) is 0 Å². The molecule has 0 aromatic carbocycles. The van der Waals surface area contributed by atoms with Crippen LogP contribution in [0.2, 0.25) is 0 Å². The van der Waals surface area contributed by atoms with E-state index in [4.69, 9.17) is 15.3 Å². The van der Waals surface area contributed by atoms with Crippen molar-refractivity contribution in [1.82, 2.24) is 0 Å². The maximum absolute atomic E-state index is 10.7. The van der Waals surface area contributed by atoms with Gasteiger partial charge < -0.3 is 15.3 Å². The fourth-order valence-corrected chi connectivity index (χ4v) is 2.41. The molecule has 5 heteroatoms. The lowest BCUT2D eigenvalue weighted by atomic mass is 10.3. The molecule has 90 valence electrons. The summed E-state index contributed by atoms with van der Waals surface area (Å²) in [6.45, 7) is 3.76. The zero-order chi connectivity index (χ0) is 12.1. The van der Waals surface area contributed by atoms with Crippen LogP contribution in [0, 0.1) is 6.92 Å². The van der Waals surface area contributed by atoms with Crippen LogP contribution in [-0.2, 0) is 5.75 Å². The quantitative estimate of drug-likeness (QED) is 0.749. The van der Waals surface area contributed by atoms with Crippen molar-refractivity contribution in [2.24, 2.45) is 5.73 Å². The van der Waals surface area contributed by atoms with Gasteiger partial charge in [0.05, 0.1) is 0 Å². The molecule has 0 bridgehead atoms. The lowest BCUT2D eigenvalue weighted by molar-refractivity contribution is 0.0661. The number of thioether (sulfide) groups is 1. The summed E-state index contributed by atoms with van der Waals surface area (Å²) in [6.07, 6.45) is 0.966. The minimum atomic E-state index is -1.02. The van der Waals surface area contributed by atoms with Gasteiger partial charge in [0, 0.05) is 17.4 Å². The predicted octanol–water partition coefficient (Wildman–Crippen LogP) is 2.26. The maximum Gasteiger partial charge on any atom is 0.371 e. The Morgan fingerprint density at radius 3 is 2.88 bits per heavy atom. The first-order valence-electron chi connectivity index (χ1n) is 5.16. The molecular weight excluding hydrogens is 226 g/mol. The molecule has 0 spiro atoms. The smallest absolute Gasteiger partial charge is 0.371 e. The number of rotatable bonds is 6. The van der Waals surface area contributed by atoms with Gasteiger partial charge in [0.1, 0.15) is 5.76 Å². The van der Waals surface area contributed by atoms with Crippen LogP contribution < -0.4 is 5.73 Å². The number of hydrogen-bond acceptors (Lipinski definition) is 4. The number of carboxylic acids is 1. The molecule has 0 saturated carbocycles. The summed E-state index contributed by atoms with van der Waals surface area (Å²) >= 11 is 1.74. The first kappa shape index (κ1) is 13.1. The highest BCUT2D eigenvalue weighted by atomic mass is 32.2. The number of aromatic carboxylic acids is 1. The van der Waals surface area contributed by atoms with E-state index < -0.39 is 5.97 Å². The van der Waals surface area contributed by atoms with Crippen molar-refractivity contribution in [3.63, 3.8) is 0 Å². The van der Waals surface area contributed by atoms with E-state index in [0.717, 1.165) is 23.5 Å². The van der Waals surface area contributed by atoms with Gasteiger partial charge in [0.15, 0.2) is 0 Å². The van der Waals surface area contributed by atoms with Crippen molar-refractivity contribution in [2.75, 3.05) is 5.75 Å². The third-order valence-electron chi connectivity index (χ3n) is 2.21. The fraction of sp³-hybridized carbons (Fsp3) is 0.545. The van der Waals surface area contributed by atoms with Crippen LogP contribution in [0.1, 0.15) is 35.2 Å². The van der Waals surface area contributed by atoms with Gasteiger partial charge in [-0.2, -0.15) is 11.8 Å². The second-order valence-electron chi connectivity index (χ2n) is 3.82. The highest BCUT2D eigenvalue weighted by Crippen LogP contribution is 2.20. The van der Waals surface area contributed by atoms with Crippen LogP contribution in [0.4, 0.5) is 0 Å². The van der Waals surface area contributed by atoms with Crippen molar-refractivity contribution in [3.05, 3.63) is 23.2 Å². The topological polar surface area (TPSA) is 76.5 Å². The minimum Gasteiger partial charge on any atom is -0.475 e. The number of furan rings is 1. The molecule has 3 N–H and O–H groups in total. The Bertz CT molecular complexity index is 360. The Kier molecular flexibility index (Phi) is 4.89. The Morgan fingerprint density at radius 1 is 1.69 bits per heavy atom. The standard InChI is InChI=1S/C11H17NO3S/c1-7(12)3-4-16-6-9-5-10(11(13)14)15-8(9)2/h5,7H,3-4,6,12H2,1-2H3,(H,13,14). The molecule has 4 nitrogen and oxygen atoms in total. The summed E-state index contributed by atoms with van der Waals surface area (Å²) in [5, 5.41) is 8.75. The molecule has 1 aromatic heterocycles. The van der Waals surface area contributed by atoms with Gasteiger partial charge in [0.2, 0.25) is 5.76 Å². The highest BCUT2D eigenvalue weighted by Gasteiger charge is 2.12. The highest BCUT2D eigenvalue weighted by molar-refractivity contribution is 7.98. The second kappa shape index (κ2) is 5.96. The summed E-state index contributed by atoms with van der Waals surface area (Å²) in [7, 11) is 0. The van der Waals surface area contributed by atoms with Crippen molar-refractivity contribution in [2.45, 2.75) is 32.1 Å². The molecule has 0 fully saturated rings. The molecule has 0 saturated heterocycles. The lowest BCUT2D eigenvalue weighted by Crippen LogP contribution is -2.15. The van der Waals surface area contributed by atoms with Crippen LogP contribution in [0.5, 0.6) is 0 Å². The average Bonchev–Trinajstić information content (AvgIpc) is 2.55. The van der Waals surface area contributed by atoms with Crippen LogP contribution in [0.15, 0.2) is 10.5 Å². The summed E-state index contributed by atoms with van der Waals surface area (Å²) in [4.78, 5) is 10.7. The summed E-state index contributed by atoms with van der Waals surface area (Å²) in [6, 6.07) is 1.81. The third kappa shape index (κ3) is 3.90. The SMILES string of the molecule is Cc1oc(C(=O)O)cc1CSCCC(C)N. The van der Waals surface area contributed by atoms with Gasteiger partial charge in [-0.3, -0.25) is 0 Å². The summed E-state index contributed by atoms with van der Waals surface area (Å²) in [5.74, 6) is 1.43.